The van der Waals surface area contributed by atoms with Crippen LogP contribution >= 0.6 is 0 Å². The largest absolute Gasteiger partial charge is 0.465 e. The molecule has 6 nitrogen and oxygen atoms in total. The van der Waals surface area contributed by atoms with E-state index in [1.807, 2.05) is 4.90 Å². The predicted octanol–water partition coefficient (Wildman–Crippen LogP) is 3.22. The van der Waals surface area contributed by atoms with Crippen LogP contribution in [0, 0.1) is 17.1 Å². The molecular weight excluding hydrogens is 404 g/mol. The van der Waals surface area contributed by atoms with Gasteiger partial charge < -0.3 is 9.64 Å². The molecule has 1 aliphatic heterocycles. The van der Waals surface area contributed by atoms with Gasteiger partial charge in [-0.1, -0.05) is 6.07 Å². The number of methoxy groups -OCH3 is 1. The number of halogens is 4. The second kappa shape index (κ2) is 8.67. The average Bonchev–Trinajstić information content (AvgIpc) is 2.74. The Morgan fingerprint density at radius 1 is 1.23 bits per heavy atom. The van der Waals surface area contributed by atoms with Crippen molar-refractivity contribution in [3.63, 3.8) is 0 Å². The van der Waals surface area contributed by atoms with Crippen LogP contribution in [-0.4, -0.2) is 49.1 Å². The fourth-order valence-electron chi connectivity index (χ4n) is 3.26. The van der Waals surface area contributed by atoms with Gasteiger partial charge in [-0.05, 0) is 18.2 Å². The number of nitrogens with zero attached hydrogens (tertiary/aromatic N) is 4. The highest BCUT2D eigenvalue weighted by molar-refractivity contribution is 5.89. The molecule has 0 atom stereocenters. The summed E-state index contributed by atoms with van der Waals surface area (Å²) in [5, 5.41) is 8.85. The highest BCUT2D eigenvalue weighted by Crippen LogP contribution is 2.33. The second-order valence-electron chi connectivity index (χ2n) is 6.76. The third kappa shape index (κ3) is 4.68. The molecule has 0 bridgehead atoms. The number of esters is 1. The number of rotatable bonds is 4. The minimum Gasteiger partial charge on any atom is -0.465 e. The number of benzene rings is 1. The van der Waals surface area contributed by atoms with Crippen molar-refractivity contribution >= 4 is 11.7 Å². The summed E-state index contributed by atoms with van der Waals surface area (Å²) in [6.45, 7) is 2.15. The predicted molar refractivity (Wildman–Crippen MR) is 99.2 cm³/mol. The van der Waals surface area contributed by atoms with E-state index in [2.05, 4.69) is 9.72 Å². The number of anilines is 1. The quantitative estimate of drug-likeness (QED) is 0.557. The summed E-state index contributed by atoms with van der Waals surface area (Å²) >= 11 is 0. The van der Waals surface area contributed by atoms with Gasteiger partial charge in [-0.3, -0.25) is 4.90 Å². The molecule has 0 saturated carbocycles. The Hall–Kier alpha value is -3.19. The molecule has 1 aromatic heterocycles. The maximum Gasteiger partial charge on any atom is 0.419 e. The molecular formula is C20H18F4N4O2. The molecule has 158 valence electrons. The zero-order chi connectivity index (χ0) is 21.9. The van der Waals surface area contributed by atoms with Crippen LogP contribution in [0.25, 0.3) is 0 Å². The first kappa shape index (κ1) is 21.5. The van der Waals surface area contributed by atoms with E-state index in [0.717, 1.165) is 12.1 Å². The minimum absolute atomic E-state index is 0.123. The van der Waals surface area contributed by atoms with Gasteiger partial charge in [0.2, 0.25) is 0 Å². The lowest BCUT2D eigenvalue weighted by atomic mass is 10.1. The molecule has 30 heavy (non-hydrogen) atoms. The number of nitriles is 1. The standard InChI is InChI=1S/C20H18F4N4O2/c1-30-19(29)13-2-3-14(17(21)8-13)12-27-4-6-28(7-5-27)15-9-16(20(22,23)24)18(10-25)26-11-15/h2-3,8-9,11H,4-7,12H2,1H3. The van der Waals surface area contributed by atoms with Crippen LogP contribution in [0.5, 0.6) is 0 Å². The number of pyridine rings is 1. The number of alkyl halides is 3. The van der Waals surface area contributed by atoms with Gasteiger partial charge in [-0.15, -0.1) is 0 Å². The smallest absolute Gasteiger partial charge is 0.419 e. The van der Waals surface area contributed by atoms with Crippen molar-refractivity contribution in [2.75, 3.05) is 38.2 Å². The molecule has 2 heterocycles. The summed E-state index contributed by atoms with van der Waals surface area (Å²) in [6, 6.07) is 6.53. The van der Waals surface area contributed by atoms with Gasteiger partial charge in [0.15, 0.2) is 5.69 Å². The highest BCUT2D eigenvalue weighted by Gasteiger charge is 2.35. The molecule has 10 heteroatoms. The lowest BCUT2D eigenvalue weighted by molar-refractivity contribution is -0.138. The molecule has 0 amide bonds. The fraction of sp³-hybridized carbons (Fsp3) is 0.350. The lowest BCUT2D eigenvalue weighted by Crippen LogP contribution is -2.46. The number of hydrogen-bond acceptors (Lipinski definition) is 6. The number of carbonyl (C=O) groups excluding carboxylic acids is 1. The van der Waals surface area contributed by atoms with E-state index in [4.69, 9.17) is 5.26 Å². The zero-order valence-corrected chi connectivity index (χ0v) is 16.0. The molecule has 0 N–H and O–H groups in total. The van der Waals surface area contributed by atoms with Crippen LogP contribution in [0.4, 0.5) is 23.2 Å². The van der Waals surface area contributed by atoms with Gasteiger partial charge in [-0.2, -0.15) is 18.4 Å². The van der Waals surface area contributed by atoms with E-state index in [0.29, 0.717) is 38.3 Å². The summed E-state index contributed by atoms with van der Waals surface area (Å²) < 4.78 is 58.3. The summed E-state index contributed by atoms with van der Waals surface area (Å²) in [5.74, 6) is -1.14. The van der Waals surface area contributed by atoms with Gasteiger partial charge in [0.05, 0.1) is 30.1 Å². The van der Waals surface area contributed by atoms with Crippen molar-refractivity contribution in [2.24, 2.45) is 0 Å². The normalized spacial score (nSPS) is 15.0. The molecule has 3 rings (SSSR count). The van der Waals surface area contributed by atoms with Gasteiger partial charge in [0, 0.05) is 38.3 Å². The van der Waals surface area contributed by atoms with Crippen LogP contribution in [0.1, 0.15) is 27.2 Å². The first-order valence-electron chi connectivity index (χ1n) is 9.04. The average molecular weight is 422 g/mol. The zero-order valence-electron chi connectivity index (χ0n) is 16.0. The van der Waals surface area contributed by atoms with Crippen LogP contribution < -0.4 is 4.90 Å². The van der Waals surface area contributed by atoms with E-state index >= 15 is 0 Å². The van der Waals surface area contributed by atoms with Gasteiger partial charge >= 0.3 is 12.1 Å². The van der Waals surface area contributed by atoms with Crippen molar-refractivity contribution in [3.05, 3.63) is 58.7 Å². The van der Waals surface area contributed by atoms with Crippen LogP contribution in [0.3, 0.4) is 0 Å². The van der Waals surface area contributed by atoms with Crippen LogP contribution in [0.2, 0.25) is 0 Å². The molecule has 1 saturated heterocycles. The van der Waals surface area contributed by atoms with Crippen LogP contribution in [-0.2, 0) is 17.5 Å². The summed E-state index contributed by atoms with van der Waals surface area (Å²) in [7, 11) is 1.22. The van der Waals surface area contributed by atoms with Crippen molar-refractivity contribution < 1.29 is 27.1 Å². The highest BCUT2D eigenvalue weighted by atomic mass is 19.4. The third-order valence-electron chi connectivity index (χ3n) is 4.89. The topological polar surface area (TPSA) is 69.5 Å². The molecule has 1 aliphatic rings. The first-order valence-corrected chi connectivity index (χ1v) is 9.04. The minimum atomic E-state index is -4.66. The molecule has 0 unspecified atom stereocenters. The number of hydrogen-bond donors (Lipinski definition) is 0. The first-order chi connectivity index (χ1) is 14.2. The number of aromatic nitrogens is 1. The monoisotopic (exact) mass is 422 g/mol. The van der Waals surface area contributed by atoms with Gasteiger partial charge in [0.1, 0.15) is 11.9 Å². The van der Waals surface area contributed by atoms with Crippen molar-refractivity contribution in [1.29, 1.82) is 5.26 Å². The van der Waals surface area contributed by atoms with Crippen molar-refractivity contribution in [3.8, 4) is 6.07 Å². The number of ether oxygens (including phenoxy) is 1. The summed E-state index contributed by atoms with van der Waals surface area (Å²) in [4.78, 5) is 18.8. The van der Waals surface area contributed by atoms with E-state index < -0.39 is 29.2 Å². The molecule has 0 aliphatic carbocycles. The summed E-state index contributed by atoms with van der Waals surface area (Å²) in [5.41, 5.74) is -0.893. The Kier molecular flexibility index (Phi) is 6.22. The Labute approximate surface area is 170 Å². The maximum atomic E-state index is 14.3. The third-order valence-corrected chi connectivity index (χ3v) is 4.89. The Morgan fingerprint density at radius 3 is 2.50 bits per heavy atom. The van der Waals surface area contributed by atoms with E-state index in [1.165, 1.54) is 31.5 Å². The second-order valence-corrected chi connectivity index (χ2v) is 6.76. The van der Waals surface area contributed by atoms with Crippen molar-refractivity contribution in [1.82, 2.24) is 9.88 Å². The molecule has 0 spiro atoms. The molecule has 1 fully saturated rings. The maximum absolute atomic E-state index is 14.3. The lowest BCUT2D eigenvalue weighted by Gasteiger charge is -2.36. The Balaban J connectivity index is 1.66. The SMILES string of the molecule is COC(=O)c1ccc(CN2CCN(c3cnc(C#N)c(C(F)(F)F)c3)CC2)c(F)c1. The van der Waals surface area contributed by atoms with Crippen molar-refractivity contribution in [2.45, 2.75) is 12.7 Å². The number of piperazine rings is 1. The molecule has 2 aromatic rings. The van der Waals surface area contributed by atoms with E-state index in [1.54, 1.807) is 4.90 Å². The van der Waals surface area contributed by atoms with E-state index in [9.17, 15) is 22.4 Å². The molecule has 1 aromatic carbocycles. The van der Waals surface area contributed by atoms with Gasteiger partial charge in [0.25, 0.3) is 0 Å². The Morgan fingerprint density at radius 2 is 1.93 bits per heavy atom. The summed E-state index contributed by atoms with van der Waals surface area (Å²) in [6.07, 6.45) is -3.40. The molecule has 0 radical (unpaired) electrons. The van der Waals surface area contributed by atoms with Crippen LogP contribution in [0.15, 0.2) is 30.5 Å². The Bertz CT molecular complexity index is 980. The fourth-order valence-corrected chi connectivity index (χ4v) is 3.26. The van der Waals surface area contributed by atoms with E-state index in [-0.39, 0.29) is 11.3 Å². The van der Waals surface area contributed by atoms with Gasteiger partial charge in [-0.25, -0.2) is 14.2 Å². The number of carbonyl (C=O) groups is 1.